The third-order valence-corrected chi connectivity index (χ3v) is 4.29. The second kappa shape index (κ2) is 7.06. The van der Waals surface area contributed by atoms with Crippen LogP contribution < -0.4 is 5.73 Å². The van der Waals surface area contributed by atoms with E-state index in [0.717, 1.165) is 13.1 Å². The van der Waals surface area contributed by atoms with E-state index in [9.17, 15) is 0 Å². The van der Waals surface area contributed by atoms with E-state index in [-0.39, 0.29) is 0 Å². The van der Waals surface area contributed by atoms with E-state index < -0.39 is 0 Å². The lowest BCUT2D eigenvalue weighted by atomic mass is 9.93. The van der Waals surface area contributed by atoms with Gasteiger partial charge in [-0.15, -0.1) is 0 Å². The number of rotatable bonds is 6. The summed E-state index contributed by atoms with van der Waals surface area (Å²) in [5, 5.41) is 0. The molecule has 2 N–H and O–H groups in total. The number of hydrogen-bond donors (Lipinski definition) is 1. The summed E-state index contributed by atoms with van der Waals surface area (Å²) >= 11 is 0. The molecule has 0 spiro atoms. The Morgan fingerprint density at radius 2 is 1.95 bits per heavy atom. The van der Waals surface area contributed by atoms with Gasteiger partial charge in [0.2, 0.25) is 0 Å². The third-order valence-electron chi connectivity index (χ3n) is 4.29. The van der Waals surface area contributed by atoms with Crippen LogP contribution in [0.1, 0.15) is 44.7 Å². The van der Waals surface area contributed by atoms with Crippen molar-refractivity contribution in [1.82, 2.24) is 14.5 Å². The van der Waals surface area contributed by atoms with Gasteiger partial charge in [0.25, 0.3) is 0 Å². The van der Waals surface area contributed by atoms with Crippen LogP contribution in [0.4, 0.5) is 0 Å². The highest BCUT2D eigenvalue weighted by molar-refractivity contribution is 5.08. The minimum atomic E-state index is 0.420. The topological polar surface area (TPSA) is 47.1 Å². The van der Waals surface area contributed by atoms with Crippen molar-refractivity contribution < 1.29 is 0 Å². The molecule has 0 aromatic carbocycles. The maximum atomic E-state index is 5.92. The van der Waals surface area contributed by atoms with Crippen molar-refractivity contribution in [3.05, 3.63) is 18.2 Å². The molecule has 4 heteroatoms. The molecule has 2 rings (SSSR count). The molecule has 1 aliphatic heterocycles. The van der Waals surface area contributed by atoms with E-state index in [0.29, 0.717) is 18.4 Å². The number of aromatic nitrogens is 2. The summed E-state index contributed by atoms with van der Waals surface area (Å²) in [4.78, 5) is 6.90. The number of likely N-dealkylation sites (tertiary alicyclic amines) is 1. The first-order valence-corrected chi connectivity index (χ1v) is 7.64. The molecule has 0 saturated carbocycles. The highest BCUT2D eigenvalue weighted by Gasteiger charge is 2.18. The normalized spacial score (nSPS) is 18.9. The summed E-state index contributed by atoms with van der Waals surface area (Å²) in [6.45, 7) is 9.87. The molecule has 19 heavy (non-hydrogen) atoms. The predicted octanol–water partition coefficient (Wildman–Crippen LogP) is 2.07. The van der Waals surface area contributed by atoms with Crippen LogP contribution in [0.5, 0.6) is 0 Å². The molecule has 108 valence electrons. The minimum absolute atomic E-state index is 0.420. The van der Waals surface area contributed by atoms with Gasteiger partial charge in [0.1, 0.15) is 0 Å². The number of imidazole rings is 1. The standard InChI is InChI=1S/C15H28N4/c1-13(2)14(10-16)15-11-17-12-19(15)9-8-18-6-4-3-5-7-18/h11-14H,3-10,16H2,1-2H3. The fourth-order valence-corrected chi connectivity index (χ4v) is 2.99. The van der Waals surface area contributed by atoms with E-state index in [1.165, 1.54) is 38.0 Å². The van der Waals surface area contributed by atoms with Crippen LogP contribution >= 0.6 is 0 Å². The smallest absolute Gasteiger partial charge is 0.0948 e. The molecule has 1 aromatic heterocycles. The number of hydrogen-bond acceptors (Lipinski definition) is 3. The van der Waals surface area contributed by atoms with Crippen molar-refractivity contribution in [2.45, 2.75) is 45.6 Å². The van der Waals surface area contributed by atoms with Gasteiger partial charge in [0.15, 0.2) is 0 Å². The molecule has 0 radical (unpaired) electrons. The highest BCUT2D eigenvalue weighted by Crippen LogP contribution is 2.23. The Morgan fingerprint density at radius 3 is 2.58 bits per heavy atom. The van der Waals surface area contributed by atoms with Gasteiger partial charge in [-0.25, -0.2) is 4.98 Å². The number of piperidine rings is 1. The number of nitrogens with two attached hydrogens (primary N) is 1. The van der Waals surface area contributed by atoms with Crippen LogP contribution in [0.2, 0.25) is 0 Å². The summed E-state index contributed by atoms with van der Waals surface area (Å²) < 4.78 is 2.30. The third kappa shape index (κ3) is 3.80. The first-order valence-electron chi connectivity index (χ1n) is 7.64. The van der Waals surface area contributed by atoms with Crippen LogP contribution in [0.3, 0.4) is 0 Å². The highest BCUT2D eigenvalue weighted by atomic mass is 15.2. The lowest BCUT2D eigenvalue weighted by Crippen LogP contribution is -2.33. The van der Waals surface area contributed by atoms with Crippen LogP contribution in [-0.2, 0) is 6.54 Å². The van der Waals surface area contributed by atoms with Crippen molar-refractivity contribution >= 4 is 0 Å². The van der Waals surface area contributed by atoms with Gasteiger partial charge in [-0.3, -0.25) is 0 Å². The maximum Gasteiger partial charge on any atom is 0.0948 e. The molecular formula is C15H28N4. The lowest BCUT2D eigenvalue weighted by molar-refractivity contribution is 0.219. The molecule has 1 aliphatic rings. The lowest BCUT2D eigenvalue weighted by Gasteiger charge is -2.27. The Bertz CT molecular complexity index is 366. The Labute approximate surface area is 117 Å². The first kappa shape index (κ1) is 14.5. The molecule has 2 heterocycles. The summed E-state index contributed by atoms with van der Waals surface area (Å²) in [6, 6.07) is 0. The second-order valence-corrected chi connectivity index (χ2v) is 6.00. The summed E-state index contributed by atoms with van der Waals surface area (Å²) in [7, 11) is 0. The van der Waals surface area contributed by atoms with Gasteiger partial charge in [-0.05, 0) is 31.8 Å². The largest absolute Gasteiger partial charge is 0.333 e. The Kier molecular flexibility index (Phi) is 5.40. The van der Waals surface area contributed by atoms with Crippen LogP contribution in [0.15, 0.2) is 12.5 Å². The molecule has 1 fully saturated rings. The van der Waals surface area contributed by atoms with E-state index in [1.807, 2.05) is 12.5 Å². The molecule has 4 nitrogen and oxygen atoms in total. The zero-order valence-electron chi connectivity index (χ0n) is 12.4. The molecule has 1 saturated heterocycles. The van der Waals surface area contributed by atoms with E-state index in [1.54, 1.807) is 0 Å². The van der Waals surface area contributed by atoms with Gasteiger partial charge >= 0.3 is 0 Å². The zero-order chi connectivity index (χ0) is 13.7. The van der Waals surface area contributed by atoms with Gasteiger partial charge in [0.05, 0.1) is 6.33 Å². The molecule has 0 bridgehead atoms. The van der Waals surface area contributed by atoms with Crippen molar-refractivity contribution in [2.24, 2.45) is 11.7 Å². The van der Waals surface area contributed by atoms with Gasteiger partial charge < -0.3 is 15.2 Å². The first-order chi connectivity index (χ1) is 9.22. The second-order valence-electron chi connectivity index (χ2n) is 6.00. The van der Waals surface area contributed by atoms with Crippen LogP contribution in [0, 0.1) is 5.92 Å². The number of nitrogens with zero attached hydrogens (tertiary/aromatic N) is 3. The van der Waals surface area contributed by atoms with Crippen LogP contribution in [-0.4, -0.2) is 40.6 Å². The van der Waals surface area contributed by atoms with Crippen molar-refractivity contribution in [3.63, 3.8) is 0 Å². The molecule has 0 aliphatic carbocycles. The quantitative estimate of drug-likeness (QED) is 0.855. The Morgan fingerprint density at radius 1 is 1.21 bits per heavy atom. The Hall–Kier alpha value is -0.870. The maximum absolute atomic E-state index is 5.92. The van der Waals surface area contributed by atoms with E-state index in [4.69, 9.17) is 5.73 Å². The summed E-state index contributed by atoms with van der Waals surface area (Å²) in [5.41, 5.74) is 7.22. The molecule has 1 atom stereocenters. The molecule has 1 aromatic rings. The monoisotopic (exact) mass is 264 g/mol. The van der Waals surface area contributed by atoms with E-state index in [2.05, 4.69) is 28.3 Å². The SMILES string of the molecule is CC(C)C(CN)c1cncn1CCN1CCCCC1. The molecule has 0 amide bonds. The van der Waals surface area contributed by atoms with Gasteiger partial charge in [-0.1, -0.05) is 20.3 Å². The summed E-state index contributed by atoms with van der Waals surface area (Å²) in [5.74, 6) is 0.985. The predicted molar refractivity (Wildman–Crippen MR) is 79.2 cm³/mol. The summed E-state index contributed by atoms with van der Waals surface area (Å²) in [6.07, 6.45) is 8.07. The van der Waals surface area contributed by atoms with Gasteiger partial charge in [-0.2, -0.15) is 0 Å². The molecular weight excluding hydrogens is 236 g/mol. The van der Waals surface area contributed by atoms with Crippen molar-refractivity contribution in [1.29, 1.82) is 0 Å². The fourth-order valence-electron chi connectivity index (χ4n) is 2.99. The van der Waals surface area contributed by atoms with Gasteiger partial charge in [0, 0.05) is 37.4 Å². The average molecular weight is 264 g/mol. The van der Waals surface area contributed by atoms with E-state index >= 15 is 0 Å². The zero-order valence-corrected chi connectivity index (χ0v) is 12.4. The fraction of sp³-hybridized carbons (Fsp3) is 0.800. The van der Waals surface area contributed by atoms with Crippen molar-refractivity contribution in [2.75, 3.05) is 26.2 Å². The molecule has 1 unspecified atom stereocenters. The minimum Gasteiger partial charge on any atom is -0.333 e. The van der Waals surface area contributed by atoms with Crippen molar-refractivity contribution in [3.8, 4) is 0 Å². The average Bonchev–Trinajstić information content (AvgIpc) is 2.86. The van der Waals surface area contributed by atoms with Crippen LogP contribution in [0.25, 0.3) is 0 Å². The Balaban J connectivity index is 1.94.